The highest BCUT2D eigenvalue weighted by atomic mass is 35.5. The van der Waals surface area contributed by atoms with E-state index in [9.17, 15) is 14.4 Å². The van der Waals surface area contributed by atoms with Crippen LogP contribution in [0, 0.1) is 0 Å². The van der Waals surface area contributed by atoms with Gasteiger partial charge in [0.1, 0.15) is 11.3 Å². The molecule has 0 amide bonds. The number of aromatic nitrogens is 2. The van der Waals surface area contributed by atoms with Crippen molar-refractivity contribution in [1.29, 1.82) is 0 Å². The lowest BCUT2D eigenvalue weighted by Gasteiger charge is -2.36. The number of anilines is 1. The van der Waals surface area contributed by atoms with Crippen LogP contribution in [0.1, 0.15) is 25.7 Å². The minimum atomic E-state index is -0.698. The van der Waals surface area contributed by atoms with Crippen LogP contribution in [-0.4, -0.2) is 65.8 Å². The van der Waals surface area contributed by atoms with Gasteiger partial charge in [-0.05, 0) is 49.9 Å². The number of fused-ring (bicyclic) bond motifs is 3. The van der Waals surface area contributed by atoms with Gasteiger partial charge in [-0.2, -0.15) is 0 Å². The van der Waals surface area contributed by atoms with Crippen molar-refractivity contribution < 1.29 is 23.8 Å². The summed E-state index contributed by atoms with van der Waals surface area (Å²) in [5.41, 5.74) is 2.80. The first-order valence-corrected chi connectivity index (χ1v) is 14.2. The lowest BCUT2D eigenvalue weighted by Crippen LogP contribution is -2.47. The Hall–Kier alpha value is -4.02. The van der Waals surface area contributed by atoms with Crippen LogP contribution in [0.5, 0.6) is 17.2 Å². The number of piperazine rings is 1. The Morgan fingerprint density at radius 3 is 2.44 bits per heavy atom. The molecule has 1 aromatic heterocycles. The minimum absolute atomic E-state index is 0.0829. The van der Waals surface area contributed by atoms with E-state index in [0.717, 1.165) is 75.4 Å². The Morgan fingerprint density at radius 2 is 1.71 bits per heavy atom. The molecule has 1 aliphatic carbocycles. The Morgan fingerprint density at radius 1 is 0.927 bits per heavy atom. The number of methoxy groups -OCH3 is 1. The largest absolute Gasteiger partial charge is 0.495 e. The fraction of sp³-hybridized carbons (Fsp3) is 0.367. The van der Waals surface area contributed by atoms with E-state index in [1.807, 2.05) is 18.2 Å². The Bertz CT molecular complexity index is 1630. The zero-order valence-electron chi connectivity index (χ0n) is 22.8. The molecule has 0 bridgehead atoms. The second kappa shape index (κ2) is 11.5. The summed E-state index contributed by atoms with van der Waals surface area (Å²) in [6, 6.07) is 9.14. The smallest absolute Gasteiger partial charge is 0.336 e. The van der Waals surface area contributed by atoms with Gasteiger partial charge in [-0.1, -0.05) is 17.7 Å². The van der Waals surface area contributed by atoms with E-state index in [0.29, 0.717) is 34.9 Å². The number of imidazole rings is 1. The summed E-state index contributed by atoms with van der Waals surface area (Å²) in [4.78, 5) is 43.2. The van der Waals surface area contributed by atoms with Gasteiger partial charge in [0.25, 0.3) is 0 Å². The standard InChI is InChI=1S/C30H31ClN4O6/c1-39-25-19-21(7-8-22(25)31)33-16-13-32(14-17-33)15-18-34-23-9-10-24-29(41-27(37)12-11-26(36)40-24)28(23)35(30(34)38)20-5-3-2-4-6-20/h5,7-12,19H,2-4,6,13-18H2,1H3/b12-11+. The number of hydrogen-bond donors (Lipinski definition) is 0. The minimum Gasteiger partial charge on any atom is -0.495 e. The van der Waals surface area contributed by atoms with E-state index < -0.39 is 11.9 Å². The molecule has 0 radical (unpaired) electrons. The first kappa shape index (κ1) is 27.2. The summed E-state index contributed by atoms with van der Waals surface area (Å²) < 4.78 is 19.8. The molecule has 2 aliphatic heterocycles. The maximum atomic E-state index is 13.9. The van der Waals surface area contributed by atoms with Crippen molar-refractivity contribution >= 4 is 46.0 Å². The van der Waals surface area contributed by atoms with Gasteiger partial charge in [-0.15, -0.1) is 0 Å². The van der Waals surface area contributed by atoms with Crippen LogP contribution in [0.25, 0.3) is 16.7 Å². The van der Waals surface area contributed by atoms with Crippen molar-refractivity contribution in [3.8, 4) is 17.2 Å². The lowest BCUT2D eigenvalue weighted by molar-refractivity contribution is -0.133. The number of esters is 2. The first-order chi connectivity index (χ1) is 19.9. The normalized spacial score (nSPS) is 18.7. The van der Waals surface area contributed by atoms with Crippen molar-refractivity contribution in [3.05, 3.63) is 64.1 Å². The van der Waals surface area contributed by atoms with E-state index >= 15 is 0 Å². The summed E-state index contributed by atoms with van der Waals surface area (Å²) in [5, 5.41) is 0.584. The van der Waals surface area contributed by atoms with Crippen molar-refractivity contribution in [2.45, 2.75) is 32.2 Å². The molecule has 1 fully saturated rings. The molecule has 0 saturated carbocycles. The number of halogens is 1. The monoisotopic (exact) mass is 578 g/mol. The predicted octanol–water partition coefficient (Wildman–Crippen LogP) is 4.08. The third-order valence-electron chi connectivity index (χ3n) is 7.85. The quantitative estimate of drug-likeness (QED) is 0.319. The molecule has 3 aromatic rings. The maximum Gasteiger partial charge on any atom is 0.336 e. The van der Waals surface area contributed by atoms with Gasteiger partial charge in [0.2, 0.25) is 0 Å². The summed E-state index contributed by atoms with van der Waals surface area (Å²) in [6.45, 7) is 4.45. The molecule has 11 heteroatoms. The molecule has 214 valence electrons. The van der Waals surface area contributed by atoms with E-state index in [4.69, 9.17) is 25.8 Å². The van der Waals surface area contributed by atoms with E-state index in [1.54, 1.807) is 28.4 Å². The zero-order chi connectivity index (χ0) is 28.5. The number of rotatable bonds is 6. The maximum absolute atomic E-state index is 13.9. The molecular weight excluding hydrogens is 548 g/mol. The molecular formula is C30H31ClN4O6. The molecule has 2 aromatic carbocycles. The number of carbonyl (C=O) groups excluding carboxylic acids is 2. The number of benzene rings is 2. The molecule has 0 unspecified atom stereocenters. The van der Waals surface area contributed by atoms with Crippen LogP contribution in [0.4, 0.5) is 5.69 Å². The average molecular weight is 579 g/mol. The van der Waals surface area contributed by atoms with E-state index in [2.05, 4.69) is 15.9 Å². The highest BCUT2D eigenvalue weighted by Crippen LogP contribution is 2.39. The average Bonchev–Trinajstić information content (AvgIpc) is 3.27. The van der Waals surface area contributed by atoms with Crippen molar-refractivity contribution in [3.63, 3.8) is 0 Å². The molecule has 10 nitrogen and oxygen atoms in total. The van der Waals surface area contributed by atoms with Gasteiger partial charge < -0.3 is 19.1 Å². The molecule has 1 saturated heterocycles. The lowest BCUT2D eigenvalue weighted by atomic mass is 10.0. The van der Waals surface area contributed by atoms with Gasteiger partial charge in [-0.3, -0.25) is 14.0 Å². The summed E-state index contributed by atoms with van der Waals surface area (Å²) in [5.74, 6) is -0.531. The van der Waals surface area contributed by atoms with Crippen LogP contribution < -0.4 is 24.8 Å². The molecule has 0 atom stereocenters. The number of nitrogens with zero attached hydrogens (tertiary/aromatic N) is 4. The Labute approximate surface area is 241 Å². The van der Waals surface area contributed by atoms with Crippen molar-refractivity contribution in [2.24, 2.45) is 0 Å². The van der Waals surface area contributed by atoms with Crippen molar-refractivity contribution in [1.82, 2.24) is 14.0 Å². The molecule has 0 spiro atoms. The number of hydrogen-bond acceptors (Lipinski definition) is 8. The van der Waals surface area contributed by atoms with Gasteiger partial charge in [0.05, 0.1) is 17.6 Å². The molecule has 6 rings (SSSR count). The second-order valence-corrected chi connectivity index (χ2v) is 10.7. The van der Waals surface area contributed by atoms with E-state index in [-0.39, 0.29) is 17.2 Å². The number of ether oxygens (including phenoxy) is 3. The van der Waals surface area contributed by atoms with Gasteiger partial charge >= 0.3 is 17.6 Å². The van der Waals surface area contributed by atoms with Crippen LogP contribution in [0.2, 0.25) is 5.02 Å². The van der Waals surface area contributed by atoms with Crippen LogP contribution >= 0.6 is 11.6 Å². The SMILES string of the molecule is COc1cc(N2CCN(CCn3c(=O)n(C4=CCCCC4)c4c5c(ccc43)OC(=O)/C=C/C(=O)O5)CC2)ccc1Cl. The highest BCUT2D eigenvalue weighted by Gasteiger charge is 2.27. The predicted molar refractivity (Wildman–Crippen MR) is 156 cm³/mol. The summed E-state index contributed by atoms with van der Waals surface area (Å²) >= 11 is 6.20. The van der Waals surface area contributed by atoms with Gasteiger partial charge in [0, 0.05) is 68.9 Å². The third-order valence-corrected chi connectivity index (χ3v) is 8.16. The Kier molecular flexibility index (Phi) is 7.59. The zero-order valence-corrected chi connectivity index (χ0v) is 23.6. The fourth-order valence-electron chi connectivity index (χ4n) is 5.71. The van der Waals surface area contributed by atoms with Crippen LogP contribution in [0.15, 0.2) is 53.4 Å². The molecule has 3 heterocycles. The highest BCUT2D eigenvalue weighted by molar-refractivity contribution is 6.32. The summed E-state index contributed by atoms with van der Waals surface area (Å²) in [7, 11) is 1.61. The van der Waals surface area contributed by atoms with E-state index in [1.165, 1.54) is 0 Å². The second-order valence-electron chi connectivity index (χ2n) is 10.3. The molecule has 3 aliphatic rings. The fourth-order valence-corrected chi connectivity index (χ4v) is 5.91. The van der Waals surface area contributed by atoms with Crippen LogP contribution in [0.3, 0.4) is 0 Å². The number of allylic oxidation sites excluding steroid dienone is 2. The Balaban J connectivity index is 1.28. The van der Waals surface area contributed by atoms with Gasteiger partial charge in [0.15, 0.2) is 11.5 Å². The number of carbonyl (C=O) groups is 2. The third kappa shape index (κ3) is 5.37. The van der Waals surface area contributed by atoms with Crippen LogP contribution in [-0.2, 0) is 16.1 Å². The molecule has 0 N–H and O–H groups in total. The van der Waals surface area contributed by atoms with Gasteiger partial charge in [-0.25, -0.2) is 14.4 Å². The molecule has 41 heavy (non-hydrogen) atoms. The van der Waals surface area contributed by atoms with Crippen molar-refractivity contribution in [2.75, 3.05) is 44.7 Å². The first-order valence-electron chi connectivity index (χ1n) is 13.8. The topological polar surface area (TPSA) is 95.2 Å². The summed E-state index contributed by atoms with van der Waals surface area (Å²) in [6.07, 6.45) is 7.74.